The molecule has 0 unspecified atom stereocenters. The van der Waals surface area contributed by atoms with E-state index < -0.39 is 15.7 Å². The van der Waals surface area contributed by atoms with Gasteiger partial charge in [-0.1, -0.05) is 0 Å². The Balaban J connectivity index is 1.87. The number of aromatic nitrogens is 3. The van der Waals surface area contributed by atoms with Gasteiger partial charge in [0.05, 0.1) is 12.8 Å². The fraction of sp³-hybridized carbons (Fsp3) is 0.286. The fourth-order valence-electron chi connectivity index (χ4n) is 2.78. The topological polar surface area (TPSA) is 122 Å². The molecule has 10 nitrogen and oxygen atoms in total. The van der Waals surface area contributed by atoms with Crippen molar-refractivity contribution < 1.29 is 27.4 Å². The molecule has 0 fully saturated rings. The normalized spacial score (nSPS) is 12.2. The predicted molar refractivity (Wildman–Crippen MR) is 117 cm³/mol. The van der Waals surface area contributed by atoms with Crippen molar-refractivity contribution in [3.8, 4) is 17.2 Å². The van der Waals surface area contributed by atoms with Crippen molar-refractivity contribution >= 4 is 21.6 Å². The van der Waals surface area contributed by atoms with Crippen molar-refractivity contribution in [1.82, 2.24) is 14.8 Å². The number of pyridine rings is 1. The van der Waals surface area contributed by atoms with Gasteiger partial charge in [-0.25, -0.2) is 13.4 Å². The van der Waals surface area contributed by atoms with Gasteiger partial charge < -0.3 is 19.5 Å². The molecular weight excluding hydrogens is 436 g/mol. The van der Waals surface area contributed by atoms with Crippen LogP contribution in [0.4, 0.5) is 5.82 Å². The quantitative estimate of drug-likeness (QED) is 0.517. The van der Waals surface area contributed by atoms with Crippen LogP contribution in [0.1, 0.15) is 17.3 Å². The molecule has 1 amide bonds. The summed E-state index contributed by atoms with van der Waals surface area (Å²) in [6.45, 7) is 2.19. The van der Waals surface area contributed by atoms with Crippen LogP contribution in [0, 0.1) is 0 Å². The van der Waals surface area contributed by atoms with Crippen molar-refractivity contribution in [2.75, 3.05) is 25.3 Å². The molecule has 0 saturated heterocycles. The van der Waals surface area contributed by atoms with Crippen molar-refractivity contribution in [3.05, 3.63) is 54.4 Å². The van der Waals surface area contributed by atoms with Crippen molar-refractivity contribution in [3.63, 3.8) is 0 Å². The van der Waals surface area contributed by atoms with Crippen molar-refractivity contribution in [2.24, 2.45) is 7.05 Å². The maximum atomic E-state index is 12.8. The lowest BCUT2D eigenvalue weighted by Gasteiger charge is -2.16. The Morgan fingerprint density at radius 2 is 1.91 bits per heavy atom. The maximum Gasteiger partial charge on any atom is 0.257 e. The van der Waals surface area contributed by atoms with Gasteiger partial charge >= 0.3 is 0 Å². The summed E-state index contributed by atoms with van der Waals surface area (Å²) in [5, 5.41) is 6.79. The zero-order chi connectivity index (χ0) is 23.3. The lowest BCUT2D eigenvalue weighted by molar-refractivity contribution is 0.0915. The van der Waals surface area contributed by atoms with E-state index in [4.69, 9.17) is 14.2 Å². The van der Waals surface area contributed by atoms with Gasteiger partial charge in [0.1, 0.15) is 23.4 Å². The molecule has 0 radical (unpaired) electrons. The number of methoxy groups -OCH3 is 1. The van der Waals surface area contributed by atoms with Gasteiger partial charge in [-0.15, -0.1) is 0 Å². The van der Waals surface area contributed by atoms with E-state index in [1.54, 1.807) is 43.2 Å². The Kier molecular flexibility index (Phi) is 7.11. The highest BCUT2D eigenvalue weighted by Crippen LogP contribution is 2.29. The molecule has 0 bridgehead atoms. The molecule has 2 heterocycles. The second kappa shape index (κ2) is 9.79. The summed E-state index contributed by atoms with van der Waals surface area (Å²) in [5.74, 6) is 1.02. The maximum absolute atomic E-state index is 12.8. The number of benzene rings is 1. The second-order valence-corrected chi connectivity index (χ2v) is 9.07. The Morgan fingerprint density at radius 3 is 2.50 bits per heavy atom. The smallest absolute Gasteiger partial charge is 0.257 e. The lowest BCUT2D eigenvalue weighted by atomic mass is 10.2. The molecular formula is C21H24N4O6S. The van der Waals surface area contributed by atoms with E-state index in [2.05, 4.69) is 15.4 Å². The number of carbonyl (C=O) groups excluding carboxylic acids is 1. The summed E-state index contributed by atoms with van der Waals surface area (Å²) in [6, 6.07) is 9.25. The third-order valence-corrected chi connectivity index (χ3v) is 5.16. The number of sulfone groups is 1. The van der Waals surface area contributed by atoms with Gasteiger partial charge in [-0.3, -0.25) is 9.48 Å². The number of aryl methyl sites for hydroxylation is 1. The molecule has 2 aromatic heterocycles. The number of nitrogens with one attached hydrogen (secondary N) is 1. The highest BCUT2D eigenvalue weighted by atomic mass is 32.2. The van der Waals surface area contributed by atoms with Gasteiger partial charge in [0.25, 0.3) is 5.91 Å². The molecule has 0 aliphatic carbocycles. The molecule has 3 aromatic rings. The number of rotatable bonds is 9. The molecule has 32 heavy (non-hydrogen) atoms. The molecule has 1 aromatic carbocycles. The monoisotopic (exact) mass is 460 g/mol. The van der Waals surface area contributed by atoms with Crippen LogP contribution in [-0.4, -0.2) is 55.2 Å². The van der Waals surface area contributed by atoms with Gasteiger partial charge in [0.2, 0.25) is 0 Å². The molecule has 0 aliphatic heterocycles. The number of nitrogens with zero attached hydrogens (tertiary/aromatic N) is 3. The van der Waals surface area contributed by atoms with Crippen LogP contribution in [0.3, 0.4) is 0 Å². The van der Waals surface area contributed by atoms with Crippen LogP contribution in [0.2, 0.25) is 0 Å². The molecule has 3 rings (SSSR count). The largest absolute Gasteiger partial charge is 0.488 e. The first-order chi connectivity index (χ1) is 15.1. The standard InChI is InChI=1S/C21H24N4O6S/c1-14(13-29-3)30-17-9-15(21(26)23-19-7-8-25(2)24-19)10-18(11-17)31-16-5-6-20(22-12-16)32(4,27)28/h5-12,14H,13H2,1-4H3,(H,23,24,26)/t14-/m0/s1. The Labute approximate surface area is 186 Å². The number of ether oxygens (including phenoxy) is 3. The molecule has 0 saturated carbocycles. The van der Waals surface area contributed by atoms with Crippen molar-refractivity contribution in [1.29, 1.82) is 0 Å². The summed E-state index contributed by atoms with van der Waals surface area (Å²) in [5.41, 5.74) is 0.286. The van der Waals surface area contributed by atoms with Crippen molar-refractivity contribution in [2.45, 2.75) is 18.1 Å². The highest BCUT2D eigenvalue weighted by molar-refractivity contribution is 7.90. The minimum absolute atomic E-state index is 0.0641. The summed E-state index contributed by atoms with van der Waals surface area (Å²) in [6.07, 6.45) is 3.82. The average molecular weight is 461 g/mol. The van der Waals surface area contributed by atoms with Crippen LogP contribution < -0.4 is 14.8 Å². The highest BCUT2D eigenvalue weighted by Gasteiger charge is 2.15. The minimum atomic E-state index is -3.42. The van der Waals surface area contributed by atoms with Gasteiger partial charge in [-0.05, 0) is 31.2 Å². The van der Waals surface area contributed by atoms with Crippen LogP contribution in [0.5, 0.6) is 17.2 Å². The van der Waals surface area contributed by atoms with Gasteiger partial charge in [-0.2, -0.15) is 5.10 Å². The number of carbonyl (C=O) groups is 1. The fourth-order valence-corrected chi connectivity index (χ4v) is 3.34. The molecule has 0 spiro atoms. The summed E-state index contributed by atoms with van der Waals surface area (Å²) < 4.78 is 41.5. The number of hydrogen-bond donors (Lipinski definition) is 1. The van der Waals surface area contributed by atoms with Crippen LogP contribution in [0.25, 0.3) is 0 Å². The Bertz CT molecular complexity index is 1190. The third kappa shape index (κ3) is 6.28. The van der Waals surface area contributed by atoms with Gasteiger partial charge in [0.15, 0.2) is 20.7 Å². The molecule has 1 atom stereocenters. The first-order valence-electron chi connectivity index (χ1n) is 9.59. The van der Waals surface area contributed by atoms with E-state index in [-0.39, 0.29) is 16.7 Å². The van der Waals surface area contributed by atoms with Crippen LogP contribution in [0.15, 0.2) is 53.8 Å². The predicted octanol–water partition coefficient (Wildman–Crippen LogP) is 2.68. The zero-order valence-electron chi connectivity index (χ0n) is 18.1. The second-order valence-electron chi connectivity index (χ2n) is 7.11. The lowest BCUT2D eigenvalue weighted by Crippen LogP contribution is -2.18. The first kappa shape index (κ1) is 23.2. The SMILES string of the molecule is COC[C@H](C)Oc1cc(Oc2ccc(S(C)(=O)=O)nc2)cc(C(=O)Nc2ccn(C)n2)c1. The zero-order valence-corrected chi connectivity index (χ0v) is 18.9. The molecule has 170 valence electrons. The van der Waals surface area contributed by atoms with E-state index in [1.807, 2.05) is 6.92 Å². The molecule has 1 N–H and O–H groups in total. The number of amides is 1. The van der Waals surface area contributed by atoms with E-state index in [1.165, 1.54) is 24.4 Å². The molecule has 0 aliphatic rings. The molecule has 11 heteroatoms. The summed E-state index contributed by atoms with van der Waals surface area (Å²) >= 11 is 0. The number of anilines is 1. The minimum Gasteiger partial charge on any atom is -0.488 e. The van der Waals surface area contributed by atoms with E-state index >= 15 is 0 Å². The summed E-state index contributed by atoms with van der Waals surface area (Å²) in [4.78, 5) is 16.7. The van der Waals surface area contributed by atoms with E-state index in [0.29, 0.717) is 29.7 Å². The Morgan fingerprint density at radius 1 is 1.16 bits per heavy atom. The summed E-state index contributed by atoms with van der Waals surface area (Å²) in [7, 11) is -0.109. The average Bonchev–Trinajstić information content (AvgIpc) is 3.12. The third-order valence-electron chi connectivity index (χ3n) is 4.16. The Hall–Kier alpha value is -3.44. The first-order valence-corrected chi connectivity index (χ1v) is 11.5. The number of hydrogen-bond acceptors (Lipinski definition) is 8. The van der Waals surface area contributed by atoms with Crippen LogP contribution >= 0.6 is 0 Å². The van der Waals surface area contributed by atoms with E-state index in [0.717, 1.165) is 6.26 Å². The van der Waals surface area contributed by atoms with Crippen LogP contribution in [-0.2, 0) is 21.6 Å². The van der Waals surface area contributed by atoms with E-state index in [9.17, 15) is 13.2 Å². The van der Waals surface area contributed by atoms with Gasteiger partial charge in [0, 0.05) is 44.3 Å².